The van der Waals surface area contributed by atoms with Gasteiger partial charge in [-0.2, -0.15) is 0 Å². The zero-order valence-electron chi connectivity index (χ0n) is 14.4. The summed E-state index contributed by atoms with van der Waals surface area (Å²) in [4.78, 5) is 34.8. The lowest BCUT2D eigenvalue weighted by atomic mass is 10.0. The molecule has 0 atom stereocenters. The van der Waals surface area contributed by atoms with Gasteiger partial charge in [-0.05, 0) is 49.3 Å². The van der Waals surface area contributed by atoms with Crippen LogP contribution < -0.4 is 0 Å². The fourth-order valence-electron chi connectivity index (χ4n) is 2.71. The van der Waals surface area contributed by atoms with Gasteiger partial charge in [-0.1, -0.05) is 25.8 Å². The quantitative estimate of drug-likeness (QED) is 0.327. The van der Waals surface area contributed by atoms with Gasteiger partial charge in [-0.25, -0.2) is 0 Å². The molecule has 0 fully saturated rings. The molecule has 0 aromatic heterocycles. The minimum Gasteiger partial charge on any atom is -0.469 e. The number of unbranched alkanes of at least 4 members (excludes halogenated alkanes) is 3. The van der Waals surface area contributed by atoms with Crippen molar-refractivity contribution in [3.8, 4) is 0 Å². The van der Waals surface area contributed by atoms with Gasteiger partial charge in [0, 0.05) is 19.3 Å². The SMILES string of the molecule is CCCCCC(=O)/C=C/C1=C(CCCCC(=O)OC)C(=O)CC1. The van der Waals surface area contributed by atoms with E-state index in [0.717, 1.165) is 49.7 Å². The van der Waals surface area contributed by atoms with Gasteiger partial charge in [-0.3, -0.25) is 14.4 Å². The van der Waals surface area contributed by atoms with E-state index in [1.807, 2.05) is 6.08 Å². The molecule has 4 heteroatoms. The maximum Gasteiger partial charge on any atom is 0.305 e. The van der Waals surface area contributed by atoms with Gasteiger partial charge in [0.15, 0.2) is 11.6 Å². The lowest BCUT2D eigenvalue weighted by Gasteiger charge is -2.03. The van der Waals surface area contributed by atoms with Gasteiger partial charge in [0.05, 0.1) is 7.11 Å². The molecule has 4 nitrogen and oxygen atoms in total. The van der Waals surface area contributed by atoms with Crippen molar-refractivity contribution in [2.45, 2.75) is 71.1 Å². The summed E-state index contributed by atoms with van der Waals surface area (Å²) < 4.78 is 4.60. The van der Waals surface area contributed by atoms with Crippen LogP contribution in [0.3, 0.4) is 0 Å². The molecule has 128 valence electrons. The van der Waals surface area contributed by atoms with Crippen LogP contribution in [0.25, 0.3) is 0 Å². The number of rotatable bonds is 11. The van der Waals surface area contributed by atoms with Crippen molar-refractivity contribution in [3.63, 3.8) is 0 Å². The molecule has 1 rings (SSSR count). The first-order valence-corrected chi connectivity index (χ1v) is 8.61. The smallest absolute Gasteiger partial charge is 0.305 e. The topological polar surface area (TPSA) is 60.4 Å². The monoisotopic (exact) mass is 320 g/mol. The number of Topliss-reactive ketones (excluding diaryl/α,β-unsaturated/α-hetero) is 1. The van der Waals surface area contributed by atoms with Gasteiger partial charge in [0.1, 0.15) is 0 Å². The molecule has 0 radical (unpaired) electrons. The minimum absolute atomic E-state index is 0.135. The second-order valence-electron chi connectivity index (χ2n) is 5.97. The van der Waals surface area contributed by atoms with E-state index in [2.05, 4.69) is 11.7 Å². The Morgan fingerprint density at radius 2 is 1.83 bits per heavy atom. The van der Waals surface area contributed by atoms with Crippen LogP contribution in [0.5, 0.6) is 0 Å². The first kappa shape index (κ1) is 19.3. The van der Waals surface area contributed by atoms with Crippen molar-refractivity contribution in [1.29, 1.82) is 0 Å². The highest BCUT2D eigenvalue weighted by atomic mass is 16.5. The van der Waals surface area contributed by atoms with Gasteiger partial charge in [-0.15, -0.1) is 0 Å². The second kappa shape index (κ2) is 10.9. The average Bonchev–Trinajstić information content (AvgIpc) is 2.89. The predicted octanol–water partition coefficient (Wildman–Crippen LogP) is 4.08. The molecule has 0 saturated carbocycles. The van der Waals surface area contributed by atoms with Crippen molar-refractivity contribution < 1.29 is 19.1 Å². The third-order valence-corrected chi connectivity index (χ3v) is 4.13. The van der Waals surface area contributed by atoms with E-state index in [4.69, 9.17) is 0 Å². The minimum atomic E-state index is -0.213. The fraction of sp³-hybridized carbons (Fsp3) is 0.632. The molecular weight excluding hydrogens is 292 g/mol. The summed E-state index contributed by atoms with van der Waals surface area (Å²) in [6.07, 6.45) is 11.0. The van der Waals surface area contributed by atoms with Crippen molar-refractivity contribution in [2.24, 2.45) is 0 Å². The highest BCUT2D eigenvalue weighted by Gasteiger charge is 2.20. The molecule has 0 amide bonds. The lowest BCUT2D eigenvalue weighted by molar-refractivity contribution is -0.140. The molecule has 0 aromatic carbocycles. The predicted molar refractivity (Wildman–Crippen MR) is 90.0 cm³/mol. The number of carbonyl (C=O) groups is 3. The Morgan fingerprint density at radius 1 is 1.09 bits per heavy atom. The summed E-state index contributed by atoms with van der Waals surface area (Å²) in [6, 6.07) is 0. The molecular formula is C19H28O4. The maximum atomic E-state index is 12.0. The van der Waals surface area contributed by atoms with E-state index in [9.17, 15) is 14.4 Å². The van der Waals surface area contributed by atoms with Crippen LogP contribution >= 0.6 is 0 Å². The second-order valence-corrected chi connectivity index (χ2v) is 5.97. The zero-order chi connectivity index (χ0) is 17.1. The Morgan fingerprint density at radius 3 is 2.52 bits per heavy atom. The molecule has 1 aliphatic rings. The van der Waals surface area contributed by atoms with E-state index in [0.29, 0.717) is 25.7 Å². The first-order chi connectivity index (χ1) is 11.1. The number of ether oxygens (including phenoxy) is 1. The van der Waals surface area contributed by atoms with E-state index in [1.54, 1.807) is 6.08 Å². The Kier molecular flexibility index (Phi) is 9.18. The molecule has 0 aliphatic heterocycles. The van der Waals surface area contributed by atoms with Gasteiger partial charge < -0.3 is 4.74 Å². The standard InChI is InChI=1S/C19H28O4/c1-3-4-5-8-16(20)13-11-15-12-14-18(21)17(15)9-6-7-10-19(22)23-2/h11,13H,3-10,12,14H2,1-2H3/b13-11+. The van der Waals surface area contributed by atoms with Crippen LogP contribution in [0.2, 0.25) is 0 Å². The Bertz CT molecular complexity index is 486. The van der Waals surface area contributed by atoms with Crippen LogP contribution in [0.15, 0.2) is 23.3 Å². The van der Waals surface area contributed by atoms with Crippen LogP contribution in [0, 0.1) is 0 Å². The van der Waals surface area contributed by atoms with E-state index in [1.165, 1.54) is 7.11 Å². The first-order valence-electron chi connectivity index (χ1n) is 8.61. The largest absolute Gasteiger partial charge is 0.469 e. The normalized spacial score (nSPS) is 14.8. The highest BCUT2D eigenvalue weighted by molar-refractivity contribution is 6.00. The summed E-state index contributed by atoms with van der Waals surface area (Å²) in [5, 5.41) is 0. The summed E-state index contributed by atoms with van der Waals surface area (Å²) in [7, 11) is 1.38. The number of hydrogen-bond donors (Lipinski definition) is 0. The van der Waals surface area contributed by atoms with Crippen LogP contribution in [-0.4, -0.2) is 24.6 Å². The number of ketones is 2. The van der Waals surface area contributed by atoms with Crippen molar-refractivity contribution in [1.82, 2.24) is 0 Å². The Hall–Kier alpha value is -1.71. The maximum absolute atomic E-state index is 12.0. The molecule has 0 bridgehead atoms. The van der Waals surface area contributed by atoms with E-state index < -0.39 is 0 Å². The Balaban J connectivity index is 2.49. The molecule has 0 saturated heterocycles. The Labute approximate surface area is 139 Å². The highest BCUT2D eigenvalue weighted by Crippen LogP contribution is 2.28. The van der Waals surface area contributed by atoms with Crippen LogP contribution in [-0.2, 0) is 19.1 Å². The summed E-state index contributed by atoms with van der Waals surface area (Å²) in [5.74, 6) is 0.103. The van der Waals surface area contributed by atoms with Crippen LogP contribution in [0.1, 0.15) is 71.1 Å². The summed E-state index contributed by atoms with van der Waals surface area (Å²) >= 11 is 0. The average molecular weight is 320 g/mol. The molecule has 23 heavy (non-hydrogen) atoms. The summed E-state index contributed by atoms with van der Waals surface area (Å²) in [6.45, 7) is 2.11. The lowest BCUT2D eigenvalue weighted by Crippen LogP contribution is -2.01. The molecule has 0 aromatic rings. The third kappa shape index (κ3) is 7.40. The zero-order valence-corrected chi connectivity index (χ0v) is 14.4. The number of esters is 1. The number of methoxy groups -OCH3 is 1. The number of carbonyl (C=O) groups excluding carboxylic acids is 3. The van der Waals surface area contributed by atoms with Crippen molar-refractivity contribution in [3.05, 3.63) is 23.3 Å². The summed E-state index contributed by atoms with van der Waals surface area (Å²) in [5.41, 5.74) is 1.84. The molecule has 0 heterocycles. The van der Waals surface area contributed by atoms with Crippen molar-refractivity contribution >= 4 is 17.5 Å². The van der Waals surface area contributed by atoms with E-state index >= 15 is 0 Å². The molecule has 0 N–H and O–H groups in total. The molecule has 0 spiro atoms. The van der Waals surface area contributed by atoms with Gasteiger partial charge in [0.2, 0.25) is 0 Å². The van der Waals surface area contributed by atoms with E-state index in [-0.39, 0.29) is 17.5 Å². The molecule has 1 aliphatic carbocycles. The van der Waals surface area contributed by atoms with Crippen LogP contribution in [0.4, 0.5) is 0 Å². The number of hydrogen-bond acceptors (Lipinski definition) is 4. The fourth-order valence-corrected chi connectivity index (χ4v) is 2.71. The van der Waals surface area contributed by atoms with Crippen molar-refractivity contribution in [2.75, 3.05) is 7.11 Å². The van der Waals surface area contributed by atoms with Gasteiger partial charge >= 0.3 is 5.97 Å². The third-order valence-electron chi connectivity index (χ3n) is 4.13. The number of allylic oxidation sites excluding steroid dienone is 4. The molecule has 0 unspecified atom stereocenters. The van der Waals surface area contributed by atoms with Gasteiger partial charge in [0.25, 0.3) is 0 Å².